The van der Waals surface area contributed by atoms with Crippen molar-refractivity contribution in [2.24, 2.45) is 5.92 Å². The second-order valence-electron chi connectivity index (χ2n) is 3.52. The van der Waals surface area contributed by atoms with E-state index < -0.39 is 0 Å². The number of oxazole rings is 1. The van der Waals surface area contributed by atoms with E-state index in [1.165, 1.54) is 17.9 Å². The minimum absolute atomic E-state index is 0.340. The quantitative estimate of drug-likeness (QED) is 0.711. The zero-order valence-electron chi connectivity index (χ0n) is 7.94. The smallest absolute Gasteiger partial charge is 0.194 e. The van der Waals surface area contributed by atoms with E-state index in [2.05, 4.69) is 4.98 Å². The van der Waals surface area contributed by atoms with Gasteiger partial charge >= 0.3 is 0 Å². The Labute approximate surface area is 87.3 Å². The first-order valence-electron chi connectivity index (χ1n) is 4.83. The molecule has 0 radical (unpaired) electrons. The molecule has 0 N–H and O–H groups in total. The van der Waals surface area contributed by atoms with E-state index in [0.29, 0.717) is 18.1 Å². The van der Waals surface area contributed by atoms with Crippen molar-refractivity contribution in [3.05, 3.63) is 17.8 Å². The van der Waals surface area contributed by atoms with Gasteiger partial charge < -0.3 is 9.21 Å². The van der Waals surface area contributed by atoms with Gasteiger partial charge in [0.1, 0.15) is 12.0 Å². The van der Waals surface area contributed by atoms with Crippen LogP contribution in [0.25, 0.3) is 0 Å². The zero-order valence-corrected chi connectivity index (χ0v) is 8.76. The predicted molar refractivity (Wildman–Crippen MR) is 55.4 cm³/mol. The van der Waals surface area contributed by atoms with E-state index in [9.17, 15) is 4.79 Å². The fourth-order valence-electron chi connectivity index (χ4n) is 1.61. The third-order valence-corrected chi connectivity index (χ3v) is 3.60. The molecular formula is C10H13NO2S. The van der Waals surface area contributed by atoms with Crippen molar-refractivity contribution in [3.8, 4) is 0 Å². The van der Waals surface area contributed by atoms with Crippen LogP contribution < -0.4 is 0 Å². The lowest BCUT2D eigenvalue weighted by molar-refractivity contribution is -0.107. The number of thioether (sulfide) groups is 1. The van der Waals surface area contributed by atoms with Gasteiger partial charge in [0.15, 0.2) is 5.89 Å². The summed E-state index contributed by atoms with van der Waals surface area (Å²) in [4.78, 5) is 14.4. The Morgan fingerprint density at radius 1 is 1.71 bits per heavy atom. The second-order valence-corrected chi connectivity index (χ2v) is 4.67. The maximum atomic E-state index is 10.2. The number of hydrogen-bond donors (Lipinski definition) is 0. The molecule has 1 unspecified atom stereocenters. The summed E-state index contributed by atoms with van der Waals surface area (Å²) in [5.74, 6) is 4.65. The molecule has 0 bridgehead atoms. The highest BCUT2D eigenvalue weighted by molar-refractivity contribution is 7.99. The fraction of sp³-hybridized carbons (Fsp3) is 0.600. The molecule has 1 fully saturated rings. The van der Waals surface area contributed by atoms with E-state index in [0.717, 1.165) is 18.6 Å². The minimum atomic E-state index is 0.340. The molecule has 0 aromatic carbocycles. The van der Waals surface area contributed by atoms with Crippen LogP contribution in [0.15, 0.2) is 10.6 Å². The molecule has 14 heavy (non-hydrogen) atoms. The molecule has 2 heterocycles. The summed E-state index contributed by atoms with van der Waals surface area (Å²) >= 11 is 1.99. The Kier molecular flexibility index (Phi) is 3.24. The van der Waals surface area contributed by atoms with Gasteiger partial charge in [0.2, 0.25) is 0 Å². The van der Waals surface area contributed by atoms with Crippen LogP contribution in [0, 0.1) is 5.92 Å². The molecule has 0 spiro atoms. The van der Waals surface area contributed by atoms with Crippen LogP contribution in [0.5, 0.6) is 0 Å². The summed E-state index contributed by atoms with van der Waals surface area (Å²) in [7, 11) is 0. The van der Waals surface area contributed by atoms with Crippen molar-refractivity contribution in [3.63, 3.8) is 0 Å². The van der Waals surface area contributed by atoms with E-state index >= 15 is 0 Å². The van der Waals surface area contributed by atoms with Crippen LogP contribution in [0.2, 0.25) is 0 Å². The summed E-state index contributed by atoms with van der Waals surface area (Å²) < 4.78 is 5.43. The SMILES string of the molecule is O=CCc1cnc(CC2CCSC2)o1. The summed E-state index contributed by atoms with van der Waals surface area (Å²) in [6.45, 7) is 0. The normalized spacial score (nSPS) is 21.3. The molecule has 0 saturated carbocycles. The van der Waals surface area contributed by atoms with E-state index in [1.807, 2.05) is 11.8 Å². The van der Waals surface area contributed by atoms with Crippen molar-refractivity contribution in [2.45, 2.75) is 19.3 Å². The predicted octanol–water partition coefficient (Wildman–Crippen LogP) is 1.71. The molecule has 4 heteroatoms. The molecular weight excluding hydrogens is 198 g/mol. The van der Waals surface area contributed by atoms with Gasteiger partial charge in [-0.1, -0.05) is 0 Å². The van der Waals surface area contributed by atoms with E-state index in [1.54, 1.807) is 6.20 Å². The molecule has 1 aliphatic heterocycles. The molecule has 1 aliphatic rings. The highest BCUT2D eigenvalue weighted by Gasteiger charge is 2.18. The van der Waals surface area contributed by atoms with Crippen LogP contribution in [0.1, 0.15) is 18.1 Å². The summed E-state index contributed by atoms with van der Waals surface area (Å²) in [5.41, 5.74) is 0. The lowest BCUT2D eigenvalue weighted by atomic mass is 10.1. The van der Waals surface area contributed by atoms with Gasteiger partial charge in [-0.05, 0) is 23.8 Å². The van der Waals surface area contributed by atoms with Crippen molar-refractivity contribution >= 4 is 18.0 Å². The van der Waals surface area contributed by atoms with E-state index in [-0.39, 0.29) is 0 Å². The number of carbonyl (C=O) groups is 1. The van der Waals surface area contributed by atoms with Gasteiger partial charge in [-0.25, -0.2) is 4.98 Å². The Morgan fingerprint density at radius 2 is 2.64 bits per heavy atom. The molecule has 0 amide bonds. The Balaban J connectivity index is 1.91. The summed E-state index contributed by atoms with van der Waals surface area (Å²) in [6, 6.07) is 0. The number of nitrogens with zero attached hydrogens (tertiary/aromatic N) is 1. The molecule has 1 atom stereocenters. The number of hydrogen-bond acceptors (Lipinski definition) is 4. The lowest BCUT2D eigenvalue weighted by Gasteiger charge is -2.02. The van der Waals surface area contributed by atoms with Crippen LogP contribution in [-0.2, 0) is 17.6 Å². The van der Waals surface area contributed by atoms with Crippen LogP contribution in [0.4, 0.5) is 0 Å². The maximum Gasteiger partial charge on any atom is 0.194 e. The van der Waals surface area contributed by atoms with Gasteiger partial charge in [-0.15, -0.1) is 0 Å². The highest BCUT2D eigenvalue weighted by atomic mass is 32.2. The van der Waals surface area contributed by atoms with Gasteiger partial charge in [0, 0.05) is 6.42 Å². The van der Waals surface area contributed by atoms with Crippen LogP contribution in [0.3, 0.4) is 0 Å². The van der Waals surface area contributed by atoms with E-state index in [4.69, 9.17) is 4.42 Å². The van der Waals surface area contributed by atoms with Gasteiger partial charge in [-0.3, -0.25) is 0 Å². The lowest BCUT2D eigenvalue weighted by Crippen LogP contribution is -2.02. The molecule has 0 aliphatic carbocycles. The summed E-state index contributed by atoms with van der Waals surface area (Å²) in [6.07, 6.45) is 5.02. The van der Waals surface area contributed by atoms with Gasteiger partial charge in [0.05, 0.1) is 12.6 Å². The molecule has 76 valence electrons. The molecule has 1 aromatic rings. The molecule has 1 aromatic heterocycles. The monoisotopic (exact) mass is 211 g/mol. The van der Waals surface area contributed by atoms with Crippen molar-refractivity contribution in [1.29, 1.82) is 0 Å². The van der Waals surface area contributed by atoms with Crippen molar-refractivity contribution in [2.75, 3.05) is 11.5 Å². The van der Waals surface area contributed by atoms with Crippen molar-refractivity contribution < 1.29 is 9.21 Å². The first kappa shape index (κ1) is 9.77. The Hall–Kier alpha value is -0.770. The third kappa shape index (κ3) is 2.38. The Bertz CT molecular complexity index is 305. The topological polar surface area (TPSA) is 43.1 Å². The second kappa shape index (κ2) is 4.64. The first-order chi connectivity index (χ1) is 6.88. The summed E-state index contributed by atoms with van der Waals surface area (Å²) in [5, 5.41) is 0. The number of carbonyl (C=O) groups excluding carboxylic acids is 1. The largest absolute Gasteiger partial charge is 0.445 e. The number of aromatic nitrogens is 1. The molecule has 2 rings (SSSR count). The van der Waals surface area contributed by atoms with Gasteiger partial charge in [-0.2, -0.15) is 11.8 Å². The number of rotatable bonds is 4. The third-order valence-electron chi connectivity index (χ3n) is 2.37. The maximum absolute atomic E-state index is 10.2. The Morgan fingerprint density at radius 3 is 3.36 bits per heavy atom. The minimum Gasteiger partial charge on any atom is -0.445 e. The van der Waals surface area contributed by atoms with Gasteiger partial charge in [0.25, 0.3) is 0 Å². The zero-order chi connectivity index (χ0) is 9.80. The fourth-order valence-corrected chi connectivity index (χ4v) is 2.89. The average Bonchev–Trinajstić information content (AvgIpc) is 2.79. The standard InChI is InChI=1S/C10H13NO2S/c12-3-1-9-6-11-10(13-9)5-8-2-4-14-7-8/h3,6,8H,1-2,4-5,7H2. The highest BCUT2D eigenvalue weighted by Crippen LogP contribution is 2.26. The average molecular weight is 211 g/mol. The molecule has 1 saturated heterocycles. The molecule has 3 nitrogen and oxygen atoms in total. The number of aldehydes is 1. The van der Waals surface area contributed by atoms with Crippen LogP contribution in [-0.4, -0.2) is 22.8 Å². The van der Waals surface area contributed by atoms with Crippen LogP contribution >= 0.6 is 11.8 Å². The van der Waals surface area contributed by atoms with Crippen molar-refractivity contribution in [1.82, 2.24) is 4.98 Å². The first-order valence-corrected chi connectivity index (χ1v) is 5.99.